The molecule has 0 saturated carbocycles. The Labute approximate surface area is 132 Å². The molecular weight excluding hydrogens is 314 g/mol. The fourth-order valence-corrected chi connectivity index (χ4v) is 3.76. The van der Waals surface area contributed by atoms with Gasteiger partial charge in [-0.15, -0.1) is 11.3 Å². The van der Waals surface area contributed by atoms with Crippen LogP contribution in [-0.2, 0) is 20.7 Å². The number of hydrogen-bond donors (Lipinski definition) is 1. The third-order valence-electron chi connectivity index (χ3n) is 3.76. The number of amides is 1. The maximum absolute atomic E-state index is 12.3. The molecule has 1 aliphatic rings. The van der Waals surface area contributed by atoms with Gasteiger partial charge in [0.1, 0.15) is 5.41 Å². The molecule has 1 amide bonds. The predicted octanol–water partition coefficient (Wildman–Crippen LogP) is 2.28. The highest BCUT2D eigenvalue weighted by Crippen LogP contribution is 2.31. The van der Waals surface area contributed by atoms with Crippen molar-refractivity contribution < 1.29 is 19.4 Å². The zero-order chi connectivity index (χ0) is 15.5. The Balaban J connectivity index is 2.05. The molecule has 1 fully saturated rings. The van der Waals surface area contributed by atoms with Crippen molar-refractivity contribution in [2.75, 3.05) is 26.8 Å². The Morgan fingerprint density at radius 1 is 1.52 bits per heavy atom. The van der Waals surface area contributed by atoms with E-state index in [1.165, 1.54) is 18.4 Å². The average Bonchev–Trinajstić information content (AvgIpc) is 2.84. The first-order valence-corrected chi connectivity index (χ1v) is 7.90. The number of methoxy groups -OCH3 is 1. The number of thiophene rings is 1. The van der Waals surface area contributed by atoms with E-state index in [9.17, 15) is 14.7 Å². The minimum atomic E-state index is -0.990. The molecule has 5 nitrogen and oxygen atoms in total. The van der Waals surface area contributed by atoms with Gasteiger partial charge in [0.2, 0.25) is 5.91 Å². The van der Waals surface area contributed by atoms with Gasteiger partial charge in [-0.2, -0.15) is 0 Å². The van der Waals surface area contributed by atoms with E-state index in [2.05, 4.69) is 0 Å². The van der Waals surface area contributed by atoms with Crippen LogP contribution in [0.2, 0.25) is 4.34 Å². The Kier molecular flexibility index (Phi) is 5.24. The van der Waals surface area contributed by atoms with E-state index in [-0.39, 0.29) is 25.5 Å². The maximum Gasteiger partial charge on any atom is 0.313 e. The molecule has 1 N–H and O–H groups in total. The van der Waals surface area contributed by atoms with Gasteiger partial charge in [0, 0.05) is 25.1 Å². The number of carbonyl (C=O) groups is 2. The molecule has 7 heteroatoms. The molecule has 0 aliphatic carbocycles. The number of carbonyl (C=O) groups excluding carboxylic acids is 1. The summed E-state index contributed by atoms with van der Waals surface area (Å²) in [5.41, 5.74) is -0.990. The monoisotopic (exact) mass is 331 g/mol. The maximum atomic E-state index is 12.3. The number of aliphatic carboxylic acids is 1. The largest absolute Gasteiger partial charge is 0.481 e. The molecule has 1 saturated heterocycles. The second-order valence-electron chi connectivity index (χ2n) is 5.32. The van der Waals surface area contributed by atoms with E-state index in [0.717, 1.165) is 4.88 Å². The fraction of sp³-hybridized carbons (Fsp3) is 0.571. The van der Waals surface area contributed by atoms with Crippen molar-refractivity contribution in [1.82, 2.24) is 4.90 Å². The summed E-state index contributed by atoms with van der Waals surface area (Å²) in [6.07, 6.45) is 1.47. The molecule has 2 rings (SSSR count). The van der Waals surface area contributed by atoms with E-state index >= 15 is 0 Å². The van der Waals surface area contributed by atoms with Gasteiger partial charge in [-0.1, -0.05) is 11.6 Å². The summed E-state index contributed by atoms with van der Waals surface area (Å²) < 4.78 is 5.71. The molecule has 0 spiro atoms. The zero-order valence-electron chi connectivity index (χ0n) is 11.8. The Morgan fingerprint density at radius 3 is 2.86 bits per heavy atom. The van der Waals surface area contributed by atoms with Crippen molar-refractivity contribution in [3.05, 3.63) is 21.3 Å². The number of likely N-dealkylation sites (tertiary alicyclic amines) is 1. The van der Waals surface area contributed by atoms with Crippen LogP contribution < -0.4 is 0 Å². The highest BCUT2D eigenvalue weighted by molar-refractivity contribution is 7.16. The van der Waals surface area contributed by atoms with Crippen LogP contribution in [0.3, 0.4) is 0 Å². The lowest BCUT2D eigenvalue weighted by atomic mass is 9.80. The number of carboxylic acids is 1. The van der Waals surface area contributed by atoms with E-state index in [0.29, 0.717) is 23.7 Å². The molecular formula is C14H18ClNO4S. The number of nitrogens with zero attached hydrogens (tertiary/aromatic N) is 1. The van der Waals surface area contributed by atoms with Gasteiger partial charge < -0.3 is 14.7 Å². The van der Waals surface area contributed by atoms with Crippen LogP contribution in [0.1, 0.15) is 17.7 Å². The molecule has 2 heterocycles. The number of ether oxygens (including phenoxy) is 1. The van der Waals surface area contributed by atoms with E-state index < -0.39 is 11.4 Å². The number of carboxylic acid groups (broad SMARTS) is 1. The SMILES string of the molecule is COCC1(C(=O)O)CCCN(C(=O)Cc2ccc(Cl)s2)C1. The second-order valence-corrected chi connectivity index (χ2v) is 7.12. The third-order valence-corrected chi connectivity index (χ3v) is 4.99. The van der Waals surface area contributed by atoms with Crippen LogP contribution in [-0.4, -0.2) is 48.7 Å². The lowest BCUT2D eigenvalue weighted by molar-refractivity contribution is -0.159. The summed E-state index contributed by atoms with van der Waals surface area (Å²) in [6.45, 7) is 0.918. The smallest absolute Gasteiger partial charge is 0.313 e. The minimum absolute atomic E-state index is 0.0602. The summed E-state index contributed by atoms with van der Waals surface area (Å²) in [5.74, 6) is -0.962. The standard InChI is InChI=1S/C14H18ClNO4S/c1-20-9-14(13(18)19)5-2-6-16(8-14)12(17)7-10-3-4-11(15)21-10/h3-4H,2,5-9H2,1H3,(H,18,19). The molecule has 0 bridgehead atoms. The lowest BCUT2D eigenvalue weighted by Crippen LogP contribution is -2.52. The van der Waals surface area contributed by atoms with Crippen LogP contribution in [0.5, 0.6) is 0 Å². The lowest BCUT2D eigenvalue weighted by Gasteiger charge is -2.39. The summed E-state index contributed by atoms with van der Waals surface area (Å²) in [5, 5.41) is 9.48. The van der Waals surface area contributed by atoms with E-state index in [4.69, 9.17) is 16.3 Å². The summed E-state index contributed by atoms with van der Waals surface area (Å²) in [7, 11) is 1.49. The second kappa shape index (κ2) is 6.77. The quantitative estimate of drug-likeness (QED) is 0.899. The molecule has 21 heavy (non-hydrogen) atoms. The van der Waals surface area contributed by atoms with Crippen molar-refractivity contribution in [3.63, 3.8) is 0 Å². The normalized spacial score (nSPS) is 22.3. The Morgan fingerprint density at radius 2 is 2.29 bits per heavy atom. The molecule has 1 unspecified atom stereocenters. The highest BCUT2D eigenvalue weighted by Gasteiger charge is 2.43. The number of piperidine rings is 1. The highest BCUT2D eigenvalue weighted by atomic mass is 35.5. The number of halogens is 1. The fourth-order valence-electron chi connectivity index (χ4n) is 2.68. The molecule has 1 aliphatic heterocycles. The van der Waals surface area contributed by atoms with Crippen LogP contribution in [0.4, 0.5) is 0 Å². The molecule has 1 aromatic heterocycles. The van der Waals surface area contributed by atoms with Crippen LogP contribution in [0.25, 0.3) is 0 Å². The van der Waals surface area contributed by atoms with Gasteiger partial charge in [-0.25, -0.2) is 0 Å². The van der Waals surface area contributed by atoms with Crippen LogP contribution >= 0.6 is 22.9 Å². The van der Waals surface area contributed by atoms with E-state index in [1.54, 1.807) is 11.0 Å². The average molecular weight is 332 g/mol. The number of rotatable bonds is 5. The zero-order valence-corrected chi connectivity index (χ0v) is 13.4. The van der Waals surface area contributed by atoms with Crippen LogP contribution in [0, 0.1) is 5.41 Å². The van der Waals surface area contributed by atoms with Crippen molar-refractivity contribution in [3.8, 4) is 0 Å². The third kappa shape index (κ3) is 3.75. The van der Waals surface area contributed by atoms with Crippen molar-refractivity contribution in [2.45, 2.75) is 19.3 Å². The van der Waals surface area contributed by atoms with E-state index in [1.807, 2.05) is 6.07 Å². The molecule has 116 valence electrons. The van der Waals surface area contributed by atoms with Gasteiger partial charge in [-0.05, 0) is 25.0 Å². The topological polar surface area (TPSA) is 66.8 Å². The first-order chi connectivity index (χ1) is 9.97. The number of hydrogen-bond acceptors (Lipinski definition) is 4. The molecule has 0 radical (unpaired) electrons. The summed E-state index contributed by atoms with van der Waals surface area (Å²) in [6, 6.07) is 3.59. The minimum Gasteiger partial charge on any atom is -0.481 e. The Hall–Kier alpha value is -1.11. The summed E-state index contributed by atoms with van der Waals surface area (Å²) in [4.78, 5) is 26.4. The van der Waals surface area contributed by atoms with Crippen molar-refractivity contribution in [2.24, 2.45) is 5.41 Å². The van der Waals surface area contributed by atoms with Gasteiger partial charge in [-0.3, -0.25) is 9.59 Å². The first kappa shape index (κ1) is 16.3. The Bertz CT molecular complexity index is 529. The van der Waals surface area contributed by atoms with Crippen molar-refractivity contribution >= 4 is 34.8 Å². The van der Waals surface area contributed by atoms with Crippen LogP contribution in [0.15, 0.2) is 12.1 Å². The van der Waals surface area contributed by atoms with Crippen molar-refractivity contribution in [1.29, 1.82) is 0 Å². The predicted molar refractivity (Wildman–Crippen MR) is 80.8 cm³/mol. The van der Waals surface area contributed by atoms with Gasteiger partial charge >= 0.3 is 5.97 Å². The van der Waals surface area contributed by atoms with Gasteiger partial charge in [0.15, 0.2) is 0 Å². The molecule has 1 atom stereocenters. The summed E-state index contributed by atoms with van der Waals surface area (Å²) >= 11 is 7.23. The first-order valence-electron chi connectivity index (χ1n) is 6.71. The van der Waals surface area contributed by atoms with Gasteiger partial charge in [0.25, 0.3) is 0 Å². The molecule has 1 aromatic rings. The van der Waals surface area contributed by atoms with Gasteiger partial charge in [0.05, 0.1) is 17.4 Å². The molecule has 0 aromatic carbocycles.